The van der Waals surface area contributed by atoms with Crippen LogP contribution in [0.5, 0.6) is 11.5 Å². The van der Waals surface area contributed by atoms with Crippen LogP contribution < -0.4 is 14.8 Å². The van der Waals surface area contributed by atoms with Gasteiger partial charge in [-0.15, -0.1) is 0 Å². The van der Waals surface area contributed by atoms with Crippen molar-refractivity contribution < 1.29 is 9.47 Å². The molecule has 1 aromatic rings. The molecule has 112 valence electrons. The molecule has 3 nitrogen and oxygen atoms in total. The van der Waals surface area contributed by atoms with Gasteiger partial charge < -0.3 is 14.8 Å². The van der Waals surface area contributed by atoms with E-state index in [9.17, 15) is 0 Å². The first-order valence-corrected chi connectivity index (χ1v) is 7.40. The summed E-state index contributed by atoms with van der Waals surface area (Å²) < 4.78 is 10.6. The van der Waals surface area contributed by atoms with E-state index in [0.29, 0.717) is 11.5 Å². The molecule has 0 saturated heterocycles. The normalized spacial score (nSPS) is 21.4. The lowest BCUT2D eigenvalue weighted by Crippen LogP contribution is -2.30. The van der Waals surface area contributed by atoms with Crippen LogP contribution in [0.15, 0.2) is 18.2 Å². The highest BCUT2D eigenvalue weighted by Gasteiger charge is 2.44. The van der Waals surface area contributed by atoms with Gasteiger partial charge in [0.2, 0.25) is 0 Å². The molecule has 20 heavy (non-hydrogen) atoms. The Hall–Kier alpha value is -1.22. The monoisotopic (exact) mass is 277 g/mol. The predicted molar refractivity (Wildman–Crippen MR) is 82.6 cm³/mol. The Morgan fingerprint density at radius 3 is 2.45 bits per heavy atom. The van der Waals surface area contributed by atoms with Crippen molar-refractivity contribution in [2.45, 2.75) is 39.7 Å². The van der Waals surface area contributed by atoms with Crippen LogP contribution in [-0.4, -0.2) is 26.8 Å². The molecule has 1 N–H and O–H groups in total. The van der Waals surface area contributed by atoms with Crippen molar-refractivity contribution in [1.82, 2.24) is 5.32 Å². The third-order valence-corrected chi connectivity index (χ3v) is 4.42. The van der Waals surface area contributed by atoms with E-state index in [4.69, 9.17) is 9.47 Å². The number of ether oxygens (including phenoxy) is 2. The largest absolute Gasteiger partial charge is 0.493 e. The molecule has 0 radical (unpaired) electrons. The van der Waals surface area contributed by atoms with E-state index in [1.165, 1.54) is 12.0 Å². The van der Waals surface area contributed by atoms with Crippen molar-refractivity contribution >= 4 is 0 Å². The van der Waals surface area contributed by atoms with Crippen LogP contribution in [0.4, 0.5) is 0 Å². The SMILES string of the molecule is COc1ccc(CC(C)NCC2CC2(C)C)cc1OC. The van der Waals surface area contributed by atoms with Gasteiger partial charge in [-0.3, -0.25) is 0 Å². The summed E-state index contributed by atoms with van der Waals surface area (Å²) in [7, 11) is 3.34. The van der Waals surface area contributed by atoms with Gasteiger partial charge in [-0.05, 0) is 55.3 Å². The van der Waals surface area contributed by atoms with Crippen molar-refractivity contribution in [3.63, 3.8) is 0 Å². The molecule has 1 aliphatic rings. The maximum Gasteiger partial charge on any atom is 0.160 e. The molecular weight excluding hydrogens is 250 g/mol. The number of hydrogen-bond acceptors (Lipinski definition) is 3. The van der Waals surface area contributed by atoms with Crippen LogP contribution >= 0.6 is 0 Å². The maximum absolute atomic E-state index is 5.35. The van der Waals surface area contributed by atoms with E-state index < -0.39 is 0 Å². The van der Waals surface area contributed by atoms with Gasteiger partial charge in [0, 0.05) is 6.04 Å². The minimum Gasteiger partial charge on any atom is -0.493 e. The molecule has 0 aromatic heterocycles. The average molecular weight is 277 g/mol. The lowest BCUT2D eigenvalue weighted by atomic mass is 10.1. The molecule has 2 rings (SSSR count). The van der Waals surface area contributed by atoms with Crippen molar-refractivity contribution in [3.05, 3.63) is 23.8 Å². The standard InChI is InChI=1S/C17H27NO2/c1-12(18-11-14-10-17(14,2)3)8-13-6-7-15(19-4)16(9-13)20-5/h6-7,9,12,14,18H,8,10-11H2,1-5H3. The summed E-state index contributed by atoms with van der Waals surface area (Å²) in [5.41, 5.74) is 1.83. The van der Waals surface area contributed by atoms with Gasteiger partial charge in [0.05, 0.1) is 14.2 Å². The summed E-state index contributed by atoms with van der Waals surface area (Å²) >= 11 is 0. The van der Waals surface area contributed by atoms with E-state index in [1.54, 1.807) is 14.2 Å². The molecule has 0 heterocycles. The zero-order valence-electron chi connectivity index (χ0n) is 13.3. The van der Waals surface area contributed by atoms with Gasteiger partial charge in [0.15, 0.2) is 11.5 Å². The van der Waals surface area contributed by atoms with E-state index in [-0.39, 0.29) is 0 Å². The van der Waals surface area contributed by atoms with Crippen LogP contribution in [-0.2, 0) is 6.42 Å². The van der Waals surface area contributed by atoms with Gasteiger partial charge in [0.1, 0.15) is 0 Å². The summed E-state index contributed by atoms with van der Waals surface area (Å²) in [5, 5.41) is 3.64. The molecule has 1 aromatic carbocycles. The third kappa shape index (κ3) is 3.66. The Kier molecular flexibility index (Phi) is 4.59. The highest BCUT2D eigenvalue weighted by Crippen LogP contribution is 2.51. The molecule has 0 spiro atoms. The zero-order chi connectivity index (χ0) is 14.8. The number of methoxy groups -OCH3 is 2. The quantitative estimate of drug-likeness (QED) is 0.829. The number of rotatable bonds is 7. The smallest absolute Gasteiger partial charge is 0.160 e. The highest BCUT2D eigenvalue weighted by atomic mass is 16.5. The van der Waals surface area contributed by atoms with Gasteiger partial charge in [-0.1, -0.05) is 19.9 Å². The number of benzene rings is 1. The van der Waals surface area contributed by atoms with E-state index in [0.717, 1.165) is 30.4 Å². The minimum absolute atomic E-state index is 0.476. The predicted octanol–water partition coefficient (Wildman–Crippen LogP) is 3.27. The van der Waals surface area contributed by atoms with E-state index in [2.05, 4.69) is 38.2 Å². The topological polar surface area (TPSA) is 30.5 Å². The fourth-order valence-corrected chi connectivity index (χ4v) is 2.70. The summed E-state index contributed by atoms with van der Waals surface area (Å²) in [6, 6.07) is 6.63. The lowest BCUT2D eigenvalue weighted by Gasteiger charge is -2.16. The van der Waals surface area contributed by atoms with Crippen LogP contribution in [0.2, 0.25) is 0 Å². The van der Waals surface area contributed by atoms with Crippen molar-refractivity contribution in [1.29, 1.82) is 0 Å². The van der Waals surface area contributed by atoms with Crippen molar-refractivity contribution in [2.75, 3.05) is 20.8 Å². The Morgan fingerprint density at radius 1 is 1.25 bits per heavy atom. The molecule has 3 heteroatoms. The first-order valence-electron chi connectivity index (χ1n) is 7.40. The molecule has 2 unspecified atom stereocenters. The van der Waals surface area contributed by atoms with Crippen LogP contribution in [0.3, 0.4) is 0 Å². The van der Waals surface area contributed by atoms with Gasteiger partial charge in [-0.25, -0.2) is 0 Å². The number of hydrogen-bond donors (Lipinski definition) is 1. The molecule has 1 fully saturated rings. The Labute approximate surface area is 122 Å². The molecule has 0 aliphatic heterocycles. The molecule has 1 saturated carbocycles. The zero-order valence-corrected chi connectivity index (χ0v) is 13.3. The molecule has 0 bridgehead atoms. The summed E-state index contributed by atoms with van der Waals surface area (Å²) in [5.74, 6) is 2.44. The fourth-order valence-electron chi connectivity index (χ4n) is 2.70. The molecule has 0 amide bonds. The lowest BCUT2D eigenvalue weighted by molar-refractivity contribution is 0.354. The van der Waals surface area contributed by atoms with Crippen LogP contribution in [0, 0.1) is 11.3 Å². The van der Waals surface area contributed by atoms with E-state index in [1.807, 2.05) is 6.07 Å². The first kappa shape index (κ1) is 15.2. The second kappa shape index (κ2) is 6.04. The average Bonchev–Trinajstić information content (AvgIpc) is 3.04. The first-order chi connectivity index (χ1) is 9.46. The van der Waals surface area contributed by atoms with Gasteiger partial charge in [-0.2, -0.15) is 0 Å². The van der Waals surface area contributed by atoms with E-state index >= 15 is 0 Å². The molecule has 1 aliphatic carbocycles. The fraction of sp³-hybridized carbons (Fsp3) is 0.647. The summed E-state index contributed by atoms with van der Waals surface area (Å²) in [6.07, 6.45) is 2.36. The Bertz CT molecular complexity index is 456. The second-order valence-corrected chi connectivity index (χ2v) is 6.59. The Morgan fingerprint density at radius 2 is 1.90 bits per heavy atom. The van der Waals surface area contributed by atoms with Crippen LogP contribution in [0.25, 0.3) is 0 Å². The number of nitrogens with one attached hydrogen (secondary N) is 1. The second-order valence-electron chi connectivity index (χ2n) is 6.59. The maximum atomic E-state index is 5.35. The third-order valence-electron chi connectivity index (χ3n) is 4.42. The Balaban J connectivity index is 1.86. The van der Waals surface area contributed by atoms with Crippen molar-refractivity contribution in [3.8, 4) is 11.5 Å². The highest BCUT2D eigenvalue weighted by molar-refractivity contribution is 5.43. The van der Waals surface area contributed by atoms with Gasteiger partial charge >= 0.3 is 0 Å². The summed E-state index contributed by atoms with van der Waals surface area (Å²) in [6.45, 7) is 8.06. The molecule has 2 atom stereocenters. The summed E-state index contributed by atoms with van der Waals surface area (Å²) in [4.78, 5) is 0. The molecular formula is C17H27NO2. The van der Waals surface area contributed by atoms with Crippen LogP contribution in [0.1, 0.15) is 32.8 Å². The minimum atomic E-state index is 0.476. The van der Waals surface area contributed by atoms with Crippen molar-refractivity contribution in [2.24, 2.45) is 11.3 Å². The van der Waals surface area contributed by atoms with Gasteiger partial charge in [0.25, 0.3) is 0 Å².